The van der Waals surface area contributed by atoms with E-state index in [9.17, 15) is 14.9 Å². The Labute approximate surface area is 166 Å². The number of urea groups is 1. The molecule has 1 N–H and O–H groups in total. The Hall–Kier alpha value is -2.45. The lowest BCUT2D eigenvalue weighted by Crippen LogP contribution is -2.38. The van der Waals surface area contributed by atoms with Gasteiger partial charge in [-0.25, -0.2) is 4.79 Å². The minimum Gasteiger partial charge on any atom is -0.323 e. The zero-order valence-corrected chi connectivity index (χ0v) is 16.4. The number of carbonyl (C=O) groups excluding carboxylic acids is 1. The molecule has 2 aromatic carbocycles. The van der Waals surface area contributed by atoms with Crippen LogP contribution in [0.25, 0.3) is 0 Å². The average Bonchev–Trinajstić information content (AvgIpc) is 2.88. The number of nitrogens with one attached hydrogen (secondary N) is 1. The number of halogens is 1. The lowest BCUT2D eigenvalue weighted by Gasteiger charge is -2.22. The van der Waals surface area contributed by atoms with Crippen LogP contribution in [0, 0.1) is 10.1 Å². The number of nitro benzene ring substituents is 1. The Kier molecular flexibility index (Phi) is 6.41. The second-order valence-electron chi connectivity index (χ2n) is 6.48. The number of nitrogens with zero attached hydrogens (tertiary/aromatic N) is 3. The number of hydrogen-bond acceptors (Lipinski definition) is 4. The molecule has 1 fully saturated rings. The van der Waals surface area contributed by atoms with Gasteiger partial charge >= 0.3 is 6.03 Å². The van der Waals surface area contributed by atoms with E-state index < -0.39 is 4.92 Å². The molecule has 2 amide bonds. The van der Waals surface area contributed by atoms with Gasteiger partial charge in [-0.3, -0.25) is 15.0 Å². The topological polar surface area (TPSA) is 78.7 Å². The summed E-state index contributed by atoms with van der Waals surface area (Å²) < 4.78 is 1.07. The Bertz CT molecular complexity index is 813. The van der Waals surface area contributed by atoms with Crippen LogP contribution in [-0.4, -0.2) is 46.9 Å². The molecule has 1 aliphatic rings. The molecular formula is C19H21BrN4O3. The van der Waals surface area contributed by atoms with Gasteiger partial charge in [0.25, 0.3) is 5.69 Å². The number of benzene rings is 2. The summed E-state index contributed by atoms with van der Waals surface area (Å²) in [5.41, 5.74) is 1.81. The Balaban J connectivity index is 1.53. The van der Waals surface area contributed by atoms with Crippen LogP contribution in [0.2, 0.25) is 0 Å². The molecular weight excluding hydrogens is 412 g/mol. The van der Waals surface area contributed by atoms with Crippen molar-refractivity contribution in [3.05, 3.63) is 68.7 Å². The molecule has 0 unspecified atom stereocenters. The summed E-state index contributed by atoms with van der Waals surface area (Å²) in [7, 11) is 0. The van der Waals surface area contributed by atoms with E-state index >= 15 is 0 Å². The predicted molar refractivity (Wildman–Crippen MR) is 108 cm³/mol. The van der Waals surface area contributed by atoms with Gasteiger partial charge in [-0.2, -0.15) is 0 Å². The molecule has 27 heavy (non-hydrogen) atoms. The monoisotopic (exact) mass is 432 g/mol. The van der Waals surface area contributed by atoms with E-state index in [2.05, 4.69) is 38.3 Å². The standard InChI is InChI=1S/C19H21BrN4O3/c20-16-4-1-3-15(13-16)14-22-9-2-10-23(12-11-22)19(25)21-17-5-7-18(8-6-17)24(26)27/h1,3-8,13H,2,9-12,14H2,(H,21,25). The highest BCUT2D eigenvalue weighted by Gasteiger charge is 2.19. The fraction of sp³-hybridized carbons (Fsp3) is 0.316. The summed E-state index contributed by atoms with van der Waals surface area (Å²) in [6.07, 6.45) is 0.904. The molecule has 1 saturated heterocycles. The first-order valence-corrected chi connectivity index (χ1v) is 9.58. The Morgan fingerprint density at radius 1 is 1.11 bits per heavy atom. The fourth-order valence-corrected chi connectivity index (χ4v) is 3.54. The van der Waals surface area contributed by atoms with Crippen LogP contribution in [0.1, 0.15) is 12.0 Å². The molecule has 7 nitrogen and oxygen atoms in total. The second-order valence-corrected chi connectivity index (χ2v) is 7.40. The number of non-ortho nitro benzene ring substituents is 1. The molecule has 1 aliphatic heterocycles. The van der Waals surface area contributed by atoms with Crippen molar-refractivity contribution >= 4 is 33.3 Å². The summed E-state index contributed by atoms with van der Waals surface area (Å²) in [5.74, 6) is 0. The van der Waals surface area contributed by atoms with Crippen molar-refractivity contribution in [2.45, 2.75) is 13.0 Å². The first-order chi connectivity index (χ1) is 13.0. The summed E-state index contributed by atoms with van der Waals surface area (Å²) >= 11 is 3.50. The maximum atomic E-state index is 12.5. The maximum absolute atomic E-state index is 12.5. The maximum Gasteiger partial charge on any atom is 0.321 e. The molecule has 1 heterocycles. The number of anilines is 1. The molecule has 2 aromatic rings. The highest BCUT2D eigenvalue weighted by Crippen LogP contribution is 2.17. The van der Waals surface area contributed by atoms with Gasteiger partial charge in [-0.05, 0) is 36.2 Å². The van der Waals surface area contributed by atoms with Gasteiger partial charge in [0, 0.05) is 55.0 Å². The summed E-state index contributed by atoms with van der Waals surface area (Å²) in [4.78, 5) is 26.9. The van der Waals surface area contributed by atoms with Gasteiger partial charge in [0.2, 0.25) is 0 Å². The van der Waals surface area contributed by atoms with E-state index in [1.165, 1.54) is 17.7 Å². The minimum atomic E-state index is -0.458. The average molecular weight is 433 g/mol. The Morgan fingerprint density at radius 3 is 2.59 bits per heavy atom. The third-order valence-electron chi connectivity index (χ3n) is 4.50. The van der Waals surface area contributed by atoms with E-state index in [4.69, 9.17) is 0 Å². The molecule has 0 spiro atoms. The molecule has 0 atom stereocenters. The van der Waals surface area contributed by atoms with E-state index in [1.54, 1.807) is 17.0 Å². The van der Waals surface area contributed by atoms with Gasteiger partial charge in [0.15, 0.2) is 0 Å². The number of carbonyl (C=O) groups is 1. The normalized spacial score (nSPS) is 15.2. The van der Waals surface area contributed by atoms with Gasteiger partial charge in [-0.15, -0.1) is 0 Å². The Morgan fingerprint density at radius 2 is 1.89 bits per heavy atom. The van der Waals surface area contributed by atoms with Crippen LogP contribution >= 0.6 is 15.9 Å². The van der Waals surface area contributed by atoms with Crippen molar-refractivity contribution in [2.24, 2.45) is 0 Å². The van der Waals surface area contributed by atoms with Crippen molar-refractivity contribution in [3.63, 3.8) is 0 Å². The first-order valence-electron chi connectivity index (χ1n) is 8.78. The van der Waals surface area contributed by atoms with Crippen LogP contribution in [0.3, 0.4) is 0 Å². The largest absolute Gasteiger partial charge is 0.323 e. The van der Waals surface area contributed by atoms with Crippen LogP contribution < -0.4 is 5.32 Å². The molecule has 0 saturated carbocycles. The summed E-state index contributed by atoms with van der Waals surface area (Å²) in [6.45, 7) is 3.94. The fourth-order valence-electron chi connectivity index (χ4n) is 3.09. The SMILES string of the molecule is O=C(Nc1ccc([N+](=O)[O-])cc1)N1CCCN(Cc2cccc(Br)c2)CC1. The van der Waals surface area contributed by atoms with Gasteiger partial charge < -0.3 is 10.2 Å². The third kappa shape index (κ3) is 5.51. The van der Waals surface area contributed by atoms with Crippen molar-refractivity contribution < 1.29 is 9.72 Å². The molecule has 3 rings (SSSR count). The van der Waals surface area contributed by atoms with E-state index in [-0.39, 0.29) is 11.7 Å². The molecule has 142 valence electrons. The number of hydrogen-bond donors (Lipinski definition) is 1. The van der Waals surface area contributed by atoms with E-state index in [0.29, 0.717) is 18.8 Å². The minimum absolute atomic E-state index is 0.00552. The predicted octanol–water partition coefficient (Wildman–Crippen LogP) is 4.10. The van der Waals surface area contributed by atoms with Crippen LogP contribution in [-0.2, 0) is 6.54 Å². The lowest BCUT2D eigenvalue weighted by atomic mass is 10.2. The third-order valence-corrected chi connectivity index (χ3v) is 4.99. The summed E-state index contributed by atoms with van der Waals surface area (Å²) in [5, 5.41) is 13.5. The molecule has 0 bridgehead atoms. The van der Waals surface area contributed by atoms with E-state index in [1.807, 2.05) is 12.1 Å². The van der Waals surface area contributed by atoms with Gasteiger partial charge in [-0.1, -0.05) is 28.1 Å². The lowest BCUT2D eigenvalue weighted by molar-refractivity contribution is -0.384. The van der Waals surface area contributed by atoms with Crippen LogP contribution in [0.4, 0.5) is 16.2 Å². The number of amides is 2. The molecule has 0 aliphatic carbocycles. The van der Waals surface area contributed by atoms with Crippen molar-refractivity contribution in [2.75, 3.05) is 31.5 Å². The van der Waals surface area contributed by atoms with Gasteiger partial charge in [0.05, 0.1) is 4.92 Å². The smallest absolute Gasteiger partial charge is 0.321 e. The van der Waals surface area contributed by atoms with Crippen LogP contribution in [0.5, 0.6) is 0 Å². The second kappa shape index (κ2) is 8.96. The van der Waals surface area contributed by atoms with Crippen molar-refractivity contribution in [3.8, 4) is 0 Å². The summed E-state index contributed by atoms with van der Waals surface area (Å²) in [6, 6.07) is 14.0. The van der Waals surface area contributed by atoms with Crippen LogP contribution in [0.15, 0.2) is 53.0 Å². The van der Waals surface area contributed by atoms with E-state index in [0.717, 1.165) is 30.5 Å². The van der Waals surface area contributed by atoms with Gasteiger partial charge in [0.1, 0.15) is 0 Å². The number of rotatable bonds is 4. The quantitative estimate of drug-likeness (QED) is 0.582. The zero-order valence-electron chi connectivity index (χ0n) is 14.8. The zero-order chi connectivity index (χ0) is 19.2. The molecule has 0 radical (unpaired) electrons. The molecule has 8 heteroatoms. The van der Waals surface area contributed by atoms with Crippen molar-refractivity contribution in [1.29, 1.82) is 0 Å². The highest BCUT2D eigenvalue weighted by atomic mass is 79.9. The highest BCUT2D eigenvalue weighted by molar-refractivity contribution is 9.10. The van der Waals surface area contributed by atoms with Crippen molar-refractivity contribution in [1.82, 2.24) is 9.80 Å². The number of nitro groups is 1. The first kappa shape index (κ1) is 19.3. The molecule has 0 aromatic heterocycles.